The van der Waals surface area contributed by atoms with Crippen LogP contribution in [0, 0.1) is 0 Å². The molecule has 0 N–H and O–H groups in total. The lowest BCUT2D eigenvalue weighted by atomic mass is 10.0. The third-order valence-corrected chi connectivity index (χ3v) is 12.6. The maximum absolute atomic E-state index is 5.39. The molecule has 0 saturated carbocycles. The average Bonchev–Trinajstić information content (AvgIpc) is 3.94. The highest BCUT2D eigenvalue weighted by molar-refractivity contribution is 6.11. The molecule has 0 spiro atoms. The molecule has 4 aromatic heterocycles. The smallest absolute Gasteiger partial charge is 0.166 e. The summed E-state index contributed by atoms with van der Waals surface area (Å²) in [6.07, 6.45) is 0. The van der Waals surface area contributed by atoms with Crippen LogP contribution in [-0.2, 0) is 0 Å². The molecule has 13 aromatic rings. The minimum atomic E-state index is 0.505. The summed E-state index contributed by atoms with van der Waals surface area (Å²) < 4.78 is 4.71. The molecule has 0 saturated heterocycles. The normalized spacial score (nSPS) is 11.5. The van der Waals surface area contributed by atoms with Crippen LogP contribution in [0.5, 0.6) is 0 Å². The molecule has 0 fully saturated rings. The van der Waals surface area contributed by atoms with Gasteiger partial charge in [0.1, 0.15) is 0 Å². The highest BCUT2D eigenvalue weighted by Crippen LogP contribution is 2.43. The van der Waals surface area contributed by atoms with Gasteiger partial charge in [0.2, 0.25) is 0 Å². The van der Waals surface area contributed by atoms with Gasteiger partial charge in [0.15, 0.2) is 34.9 Å². The van der Waals surface area contributed by atoms with Crippen LogP contribution in [0.25, 0.3) is 123 Å². The third kappa shape index (κ3) is 6.62. The zero-order valence-corrected chi connectivity index (χ0v) is 36.5. The lowest BCUT2D eigenvalue weighted by Gasteiger charge is -2.21. The number of hydrogen-bond donors (Lipinski definition) is 0. The second-order valence-corrected chi connectivity index (χ2v) is 16.7. The molecule has 0 atom stereocenters. The average molecular weight is 871 g/mol. The summed E-state index contributed by atoms with van der Waals surface area (Å²) >= 11 is 0. The van der Waals surface area contributed by atoms with Crippen LogP contribution in [0.2, 0.25) is 0 Å². The van der Waals surface area contributed by atoms with E-state index in [9.17, 15) is 0 Å². The van der Waals surface area contributed by atoms with Gasteiger partial charge >= 0.3 is 0 Å². The van der Waals surface area contributed by atoms with Crippen molar-refractivity contribution in [3.63, 3.8) is 0 Å². The van der Waals surface area contributed by atoms with E-state index in [4.69, 9.17) is 29.9 Å². The summed E-state index contributed by atoms with van der Waals surface area (Å²) in [6, 6.07) is 79.3. The van der Waals surface area contributed by atoms with Gasteiger partial charge in [0.05, 0.1) is 33.4 Å². The molecule has 0 bridgehead atoms. The maximum atomic E-state index is 5.39. The fraction of sp³-hybridized carbons (Fsp3) is 0. The summed E-state index contributed by atoms with van der Waals surface area (Å²) in [5, 5.41) is 4.55. The molecular formula is C60H38N8. The molecule has 68 heavy (non-hydrogen) atoms. The molecule has 9 aromatic carbocycles. The first-order valence-corrected chi connectivity index (χ1v) is 22.6. The van der Waals surface area contributed by atoms with Crippen molar-refractivity contribution in [2.24, 2.45) is 0 Å². The van der Waals surface area contributed by atoms with Crippen LogP contribution in [0.15, 0.2) is 231 Å². The van der Waals surface area contributed by atoms with Crippen molar-refractivity contribution >= 4 is 43.6 Å². The monoisotopic (exact) mass is 870 g/mol. The Morgan fingerprint density at radius 1 is 0.221 bits per heavy atom. The molecule has 0 radical (unpaired) electrons. The van der Waals surface area contributed by atoms with Crippen molar-refractivity contribution in [3.8, 4) is 79.7 Å². The highest BCUT2D eigenvalue weighted by atomic mass is 15.1. The summed E-state index contributed by atoms with van der Waals surface area (Å²) in [6.45, 7) is 0. The Hall–Kier alpha value is -9.40. The van der Waals surface area contributed by atoms with E-state index in [2.05, 4.69) is 118 Å². The van der Waals surface area contributed by atoms with Crippen LogP contribution in [0.1, 0.15) is 0 Å². The van der Waals surface area contributed by atoms with Gasteiger partial charge in [-0.3, -0.25) is 0 Å². The molecule has 0 aliphatic carbocycles. The Bertz CT molecular complexity index is 3530. The van der Waals surface area contributed by atoms with Gasteiger partial charge in [0.25, 0.3) is 0 Å². The lowest BCUT2D eigenvalue weighted by molar-refractivity contribution is 1.05. The van der Waals surface area contributed by atoms with Crippen molar-refractivity contribution in [2.75, 3.05) is 0 Å². The number of benzene rings is 9. The van der Waals surface area contributed by atoms with Gasteiger partial charge in [-0.1, -0.05) is 194 Å². The minimum absolute atomic E-state index is 0.505. The van der Waals surface area contributed by atoms with Gasteiger partial charge in [-0.25, -0.2) is 29.9 Å². The zero-order valence-electron chi connectivity index (χ0n) is 36.5. The number of fused-ring (bicyclic) bond motifs is 6. The van der Waals surface area contributed by atoms with Gasteiger partial charge in [0, 0.05) is 54.9 Å². The van der Waals surface area contributed by atoms with Gasteiger partial charge < -0.3 is 9.13 Å². The molecule has 0 aliphatic rings. The first kappa shape index (κ1) is 39.0. The Labute approximate surface area is 391 Å². The van der Waals surface area contributed by atoms with Crippen molar-refractivity contribution in [1.29, 1.82) is 0 Å². The summed E-state index contributed by atoms with van der Waals surface area (Å²) in [7, 11) is 0. The van der Waals surface area contributed by atoms with E-state index >= 15 is 0 Å². The Kier molecular flexibility index (Phi) is 9.31. The highest BCUT2D eigenvalue weighted by Gasteiger charge is 2.26. The topological polar surface area (TPSA) is 87.2 Å². The SMILES string of the molecule is c1ccc(-c2nc(-c3ccccc3)nc(-c3cc(-c4nc(-c5ccccc5)nc(-c5ccccc5)n4)c(-n4c5ccccc5c5ccccc54)cc3-n3c4ccccc4c4ccccc43)n2)cc1. The summed E-state index contributed by atoms with van der Waals surface area (Å²) in [5.74, 6) is 3.26. The van der Waals surface area contributed by atoms with Crippen LogP contribution in [0.3, 0.4) is 0 Å². The van der Waals surface area contributed by atoms with Crippen LogP contribution >= 0.6 is 0 Å². The molecule has 8 nitrogen and oxygen atoms in total. The standard InChI is InChI=1S/C60H38N8/c1-5-21-39(22-6-1)55-61-56(40-23-7-2-8-24-40)64-59(63-55)47-37-48(60-65-57(41-25-9-3-10-26-41)62-58(66-60)42-27-11-4-12-28-42)54(68-51-35-19-15-31-45(51)46-32-16-20-36-52(46)68)38-53(47)67-49-33-17-13-29-43(49)44-30-14-18-34-50(44)67/h1-38H. The quantitative estimate of drug-likeness (QED) is 0.151. The van der Waals surface area contributed by atoms with E-state index in [1.807, 2.05) is 121 Å². The molecular weight excluding hydrogens is 833 g/mol. The summed E-state index contributed by atoms with van der Waals surface area (Å²) in [4.78, 5) is 31.8. The third-order valence-electron chi connectivity index (χ3n) is 12.6. The first-order chi connectivity index (χ1) is 33.7. The van der Waals surface area contributed by atoms with E-state index in [1.54, 1.807) is 0 Å². The molecule has 4 heterocycles. The molecule has 0 aliphatic heterocycles. The number of aromatic nitrogens is 8. The maximum Gasteiger partial charge on any atom is 0.166 e. The Morgan fingerprint density at radius 3 is 0.735 bits per heavy atom. The van der Waals surface area contributed by atoms with E-state index in [0.29, 0.717) is 34.9 Å². The van der Waals surface area contributed by atoms with Crippen molar-refractivity contribution in [3.05, 3.63) is 231 Å². The van der Waals surface area contributed by atoms with Crippen molar-refractivity contribution in [2.45, 2.75) is 0 Å². The van der Waals surface area contributed by atoms with Crippen LogP contribution < -0.4 is 0 Å². The van der Waals surface area contributed by atoms with E-state index in [1.165, 1.54) is 0 Å². The molecule has 0 unspecified atom stereocenters. The lowest BCUT2D eigenvalue weighted by Crippen LogP contribution is -2.08. The largest absolute Gasteiger partial charge is 0.308 e. The second-order valence-electron chi connectivity index (χ2n) is 16.7. The Balaban J connectivity index is 1.22. The van der Waals surface area contributed by atoms with Gasteiger partial charge in [-0.2, -0.15) is 0 Å². The number of para-hydroxylation sites is 4. The molecule has 13 rings (SSSR count). The number of hydrogen-bond acceptors (Lipinski definition) is 6. The molecule has 318 valence electrons. The van der Waals surface area contributed by atoms with Crippen molar-refractivity contribution < 1.29 is 0 Å². The predicted octanol–water partition coefficient (Wildman–Crippen LogP) is 14.3. The van der Waals surface area contributed by atoms with Gasteiger partial charge in [-0.05, 0) is 36.4 Å². The van der Waals surface area contributed by atoms with Crippen LogP contribution in [-0.4, -0.2) is 39.0 Å². The van der Waals surface area contributed by atoms with Crippen LogP contribution in [0.4, 0.5) is 0 Å². The molecule has 8 heteroatoms. The zero-order chi connectivity index (χ0) is 45.0. The fourth-order valence-corrected chi connectivity index (χ4v) is 9.53. The number of nitrogens with zero attached hydrogens (tertiary/aromatic N) is 8. The Morgan fingerprint density at radius 2 is 0.456 bits per heavy atom. The predicted molar refractivity (Wildman–Crippen MR) is 275 cm³/mol. The van der Waals surface area contributed by atoms with E-state index < -0.39 is 0 Å². The molecule has 0 amide bonds. The van der Waals surface area contributed by atoms with E-state index in [0.717, 1.165) is 88.4 Å². The van der Waals surface area contributed by atoms with E-state index in [-0.39, 0.29) is 0 Å². The fourth-order valence-electron chi connectivity index (χ4n) is 9.53. The van der Waals surface area contributed by atoms with Crippen molar-refractivity contribution in [1.82, 2.24) is 39.0 Å². The number of rotatable bonds is 8. The minimum Gasteiger partial charge on any atom is -0.308 e. The summed E-state index contributed by atoms with van der Waals surface area (Å²) in [5.41, 5.74) is 11.0. The second kappa shape index (κ2) is 16.2. The first-order valence-electron chi connectivity index (χ1n) is 22.6. The van der Waals surface area contributed by atoms with Gasteiger partial charge in [-0.15, -0.1) is 0 Å².